The summed E-state index contributed by atoms with van der Waals surface area (Å²) < 4.78 is 13.7. The average molecular weight is 1880 g/mol. The molecule has 0 amide bonds. The number of hydrogen-bond donors (Lipinski definition) is 0. The zero-order valence-electron chi connectivity index (χ0n) is 89.8. The minimum atomic E-state index is 1.03. The van der Waals surface area contributed by atoms with Crippen LogP contribution >= 0.6 is 11.3 Å². The average Bonchev–Trinajstić information content (AvgIpc) is 1.65. The summed E-state index contributed by atoms with van der Waals surface area (Å²) in [6.07, 6.45) is 10.3. The summed E-state index contributed by atoms with van der Waals surface area (Å²) in [5.41, 5.74) is 21.4. The van der Waals surface area contributed by atoms with Crippen molar-refractivity contribution in [1.82, 2.24) is 9.97 Å². The molecule has 0 saturated heterocycles. The molecule has 0 N–H and O–H groups in total. The van der Waals surface area contributed by atoms with E-state index in [-0.39, 0.29) is 0 Å². The van der Waals surface area contributed by atoms with Gasteiger partial charge in [0.15, 0.2) is 29.6 Å². The normalized spacial score (nSPS) is 10.2. The third-order valence-electron chi connectivity index (χ3n) is 24.5. The van der Waals surface area contributed by atoms with Crippen LogP contribution in [0.1, 0.15) is 166 Å². The minimum Gasteiger partial charge on any atom is -0.232 e. The standard InChI is InChI=1S/C25H20N.C24H19N2.C23H18NS.C21H18N.C20H17N2.10C2H6/c1-17-22-10-6-5-7-18(22)11-12-23(17)25-24-16-20-9-4-3-8-19(20)15-21(24)13-14-26(25)2;1-16-20-10-6-5-7-17(20)11-12-21(16)24-22-13-18-8-3-4-9-19(18)14-23(22)25-15-26(24)2;1-15-17-8-4-3-7-16(17)11-12-18(15)22-23-20(13-14-24(22)2)19-9-5-6-10-21(19)25-23;1-15-7-3-6-10-19(15)21-20-14-17-9-5-4-8-16(17)13-18(20)11-12-22(21)2;1-14-7-3-6-10-17(14)20-18-11-15-8-4-5-9-16(15)12-19(18)21-13-22(20)2;10*1-2/h3-16H,1-2H3;3-15H,1-2H3;3-14H,1-2H3;3-14H,1-2H3;3-13H,1-2H3;10*1-2H3/q5*+1;;;;;;;;;;. The molecule has 23 rings (SSSR count). The van der Waals surface area contributed by atoms with Crippen LogP contribution in [0.25, 0.3) is 195 Å². The van der Waals surface area contributed by atoms with Crippen LogP contribution in [0.4, 0.5) is 0 Å². The number of hydrogen-bond acceptors (Lipinski definition) is 3. The van der Waals surface area contributed by atoms with Crippen LogP contribution < -0.4 is 22.8 Å². The highest BCUT2D eigenvalue weighted by Crippen LogP contribution is 2.42. The molecule has 23 aromatic rings. The Labute approximate surface area is 846 Å². The molecule has 6 heterocycles. The number of benzene rings is 17. The van der Waals surface area contributed by atoms with Crippen LogP contribution in [0.2, 0.25) is 0 Å². The van der Waals surface area contributed by atoms with Crippen molar-refractivity contribution in [2.24, 2.45) is 35.2 Å². The lowest BCUT2D eigenvalue weighted by Crippen LogP contribution is -2.31. The second-order valence-electron chi connectivity index (χ2n) is 32.1. The highest BCUT2D eigenvalue weighted by Gasteiger charge is 2.26. The summed E-state index contributed by atoms with van der Waals surface area (Å²) in [5.74, 6) is 0. The Morgan fingerprint density at radius 1 is 0.184 bits per heavy atom. The SMILES string of the molecule is CC.CC.CC.CC.CC.CC.CC.CC.CC.CC.Cc1c(-c2c3cc4ccccc4cc3cc[n+]2C)ccc2ccccc12.Cc1c(-c2c3cc4ccccc4cc3nc[n+]2C)ccc2ccccc12.Cc1c(-c2c3sc4ccccc4c3cc[n+]2C)ccc2ccccc12.Cc1ccccc1-c1c2cc3ccccc3cc2cc[n+]1C.Cc1ccccc1-c1c2cc3ccccc3cc2nc[n+]1C. The Balaban J connectivity index is 0.000000188. The first-order chi connectivity index (χ1) is 69.2. The third kappa shape index (κ3) is 24.5. The van der Waals surface area contributed by atoms with E-state index in [2.05, 4.69) is 467 Å². The molecule has 0 aliphatic carbocycles. The van der Waals surface area contributed by atoms with E-state index in [1.54, 1.807) is 0 Å². The van der Waals surface area contributed by atoms with E-state index in [4.69, 9.17) is 0 Å². The predicted octanol–water partition coefficient (Wildman–Crippen LogP) is 36.5. The maximum absolute atomic E-state index is 4.67. The Morgan fingerprint density at radius 2 is 0.440 bits per heavy atom. The van der Waals surface area contributed by atoms with Gasteiger partial charge in [-0.3, -0.25) is 0 Å². The number of rotatable bonds is 5. The fraction of sp³-hybridized carbons (Fsp3) is 0.226. The second kappa shape index (κ2) is 54.7. The molecule has 0 aliphatic heterocycles. The number of fused-ring (bicyclic) bond motifs is 14. The van der Waals surface area contributed by atoms with E-state index >= 15 is 0 Å². The van der Waals surface area contributed by atoms with Crippen LogP contribution in [-0.4, -0.2) is 9.97 Å². The van der Waals surface area contributed by atoms with Gasteiger partial charge >= 0.3 is 0 Å². The summed E-state index contributed by atoms with van der Waals surface area (Å²) >= 11 is 1.89. The molecule has 8 heteroatoms. The maximum Gasteiger partial charge on any atom is 0.287 e. The predicted molar refractivity (Wildman–Crippen MR) is 623 cm³/mol. The first-order valence-corrected chi connectivity index (χ1v) is 52.3. The quantitative estimate of drug-likeness (QED) is 0.127. The van der Waals surface area contributed by atoms with Crippen molar-refractivity contribution < 1.29 is 22.8 Å². The van der Waals surface area contributed by atoms with Crippen LogP contribution in [0.5, 0.6) is 0 Å². The van der Waals surface area contributed by atoms with E-state index in [0.717, 1.165) is 11.0 Å². The van der Waals surface area contributed by atoms with Gasteiger partial charge in [0.1, 0.15) is 37.2 Å². The third-order valence-corrected chi connectivity index (χ3v) is 25.7. The molecule has 0 aliphatic rings. The Kier molecular flexibility index (Phi) is 42.7. The van der Waals surface area contributed by atoms with Crippen molar-refractivity contribution in [2.45, 2.75) is 173 Å². The molecule has 0 atom stereocenters. The lowest BCUT2D eigenvalue weighted by atomic mass is 9.94. The van der Waals surface area contributed by atoms with Gasteiger partial charge in [0.25, 0.3) is 12.7 Å². The van der Waals surface area contributed by atoms with Gasteiger partial charge in [-0.25, -0.2) is 18.3 Å². The first-order valence-electron chi connectivity index (χ1n) is 51.5. The molecule has 141 heavy (non-hydrogen) atoms. The Bertz CT molecular complexity index is 7690. The molecule has 6 aromatic heterocycles. The Hall–Kier alpha value is -14.6. The molecular formula is C133H152N7S+5. The molecule has 0 saturated carbocycles. The number of aromatic nitrogens is 7. The van der Waals surface area contributed by atoms with E-state index in [1.807, 2.05) is 162 Å². The smallest absolute Gasteiger partial charge is 0.232 e. The zero-order valence-corrected chi connectivity index (χ0v) is 90.7. The molecule has 0 fully saturated rings. The molecule has 0 spiro atoms. The summed E-state index contributed by atoms with van der Waals surface area (Å²) in [6, 6.07) is 124. The number of aryl methyl sites for hydroxylation is 10. The molecule has 720 valence electrons. The highest BCUT2D eigenvalue weighted by atomic mass is 32.1. The number of pyridine rings is 3. The fourth-order valence-corrected chi connectivity index (χ4v) is 19.5. The van der Waals surface area contributed by atoms with Gasteiger partial charge in [0.2, 0.25) is 17.1 Å². The second-order valence-corrected chi connectivity index (χ2v) is 33.1. The van der Waals surface area contributed by atoms with Crippen LogP contribution in [0, 0.1) is 34.6 Å². The topological polar surface area (TPSA) is 45.2 Å². The van der Waals surface area contributed by atoms with Gasteiger partial charge in [-0.1, -0.05) is 387 Å². The summed E-state index contributed by atoms with van der Waals surface area (Å²) in [7, 11) is 10.5. The molecule has 0 radical (unpaired) electrons. The maximum atomic E-state index is 4.67. The fourth-order valence-electron chi connectivity index (χ4n) is 18.2. The highest BCUT2D eigenvalue weighted by molar-refractivity contribution is 7.26. The molecule has 7 nitrogen and oxygen atoms in total. The van der Waals surface area contributed by atoms with Crippen molar-refractivity contribution in [2.75, 3.05) is 0 Å². The molecule has 0 unspecified atom stereocenters. The van der Waals surface area contributed by atoms with Crippen molar-refractivity contribution >= 4 is 150 Å². The number of nitrogens with zero attached hydrogens (tertiary/aromatic N) is 7. The van der Waals surface area contributed by atoms with E-state index < -0.39 is 0 Å². The van der Waals surface area contributed by atoms with Gasteiger partial charge in [-0.2, -0.15) is 4.57 Å². The largest absolute Gasteiger partial charge is 0.287 e. The van der Waals surface area contributed by atoms with Crippen molar-refractivity contribution in [3.8, 4) is 56.3 Å². The van der Waals surface area contributed by atoms with Gasteiger partial charge in [-0.05, 0) is 237 Å². The summed E-state index contributed by atoms with van der Waals surface area (Å²) in [6.45, 7) is 51.0. The lowest BCUT2D eigenvalue weighted by Gasteiger charge is -2.12. The van der Waals surface area contributed by atoms with Crippen molar-refractivity contribution in [3.05, 3.63) is 405 Å². The van der Waals surface area contributed by atoms with Gasteiger partial charge in [-0.15, -0.1) is 11.3 Å². The number of thiophene rings is 1. The van der Waals surface area contributed by atoms with E-state index in [1.165, 1.54) is 212 Å². The Morgan fingerprint density at radius 3 is 0.794 bits per heavy atom. The van der Waals surface area contributed by atoms with E-state index in [0.29, 0.717) is 0 Å². The monoisotopic (exact) mass is 1880 g/mol. The van der Waals surface area contributed by atoms with E-state index in [9.17, 15) is 0 Å². The molecule has 0 bridgehead atoms. The van der Waals surface area contributed by atoms with Crippen LogP contribution in [0.15, 0.2) is 377 Å². The molecule has 17 aromatic carbocycles. The lowest BCUT2D eigenvalue weighted by molar-refractivity contribution is -0.662. The van der Waals surface area contributed by atoms with Crippen LogP contribution in [0.3, 0.4) is 0 Å². The van der Waals surface area contributed by atoms with Crippen molar-refractivity contribution in [1.29, 1.82) is 0 Å². The molecular weight excluding hydrogens is 1730 g/mol. The minimum absolute atomic E-state index is 1.03. The van der Waals surface area contributed by atoms with Crippen molar-refractivity contribution in [3.63, 3.8) is 0 Å². The van der Waals surface area contributed by atoms with Gasteiger partial charge in [0.05, 0.1) is 46.8 Å². The summed E-state index contributed by atoms with van der Waals surface area (Å²) in [5, 5.41) is 28.2. The van der Waals surface area contributed by atoms with Crippen LogP contribution in [-0.2, 0) is 35.2 Å². The van der Waals surface area contributed by atoms with Gasteiger partial charge < -0.3 is 0 Å². The van der Waals surface area contributed by atoms with Gasteiger partial charge in [0, 0.05) is 50.4 Å². The summed E-state index contributed by atoms with van der Waals surface area (Å²) in [4.78, 5) is 9.28. The first kappa shape index (κ1) is 110. The zero-order chi connectivity index (χ0) is 103.